The summed E-state index contributed by atoms with van der Waals surface area (Å²) < 4.78 is 1.07. The second kappa shape index (κ2) is 2.83. The lowest BCUT2D eigenvalue weighted by molar-refractivity contribution is 1.00. The Morgan fingerprint density at radius 3 is 2.83 bits per heavy atom. The SMILES string of the molecule is Cc1nncc2c(Br)cccc12. The summed E-state index contributed by atoms with van der Waals surface area (Å²) in [6, 6.07) is 6.05. The highest BCUT2D eigenvalue weighted by molar-refractivity contribution is 9.10. The first kappa shape index (κ1) is 7.68. The van der Waals surface area contributed by atoms with Crippen LogP contribution >= 0.6 is 15.9 Å². The number of halogens is 1. The lowest BCUT2D eigenvalue weighted by Gasteiger charge is -2.00. The Hall–Kier alpha value is -0.960. The van der Waals surface area contributed by atoms with Crippen molar-refractivity contribution in [3.05, 3.63) is 34.6 Å². The van der Waals surface area contributed by atoms with Crippen molar-refractivity contribution >= 4 is 26.7 Å². The minimum atomic E-state index is 0.966. The van der Waals surface area contributed by atoms with Gasteiger partial charge in [-0.2, -0.15) is 10.2 Å². The average molecular weight is 223 g/mol. The predicted molar refractivity (Wildman–Crippen MR) is 52.0 cm³/mol. The van der Waals surface area contributed by atoms with Gasteiger partial charge < -0.3 is 0 Å². The Kier molecular flexibility index (Phi) is 1.81. The first-order chi connectivity index (χ1) is 5.79. The highest BCUT2D eigenvalue weighted by Gasteiger charge is 2.00. The zero-order chi connectivity index (χ0) is 8.55. The van der Waals surface area contributed by atoms with Gasteiger partial charge in [0, 0.05) is 15.2 Å². The highest BCUT2D eigenvalue weighted by Crippen LogP contribution is 2.23. The van der Waals surface area contributed by atoms with Crippen LogP contribution in [0.4, 0.5) is 0 Å². The van der Waals surface area contributed by atoms with Crippen LogP contribution in [0.5, 0.6) is 0 Å². The van der Waals surface area contributed by atoms with E-state index >= 15 is 0 Å². The second-order valence-corrected chi connectivity index (χ2v) is 3.49. The summed E-state index contributed by atoms with van der Waals surface area (Å²) in [7, 11) is 0. The maximum absolute atomic E-state index is 3.98. The van der Waals surface area contributed by atoms with Crippen LogP contribution in [-0.4, -0.2) is 10.2 Å². The molecule has 0 fully saturated rings. The number of rotatable bonds is 0. The molecule has 0 unspecified atom stereocenters. The van der Waals surface area contributed by atoms with Crippen molar-refractivity contribution in [2.75, 3.05) is 0 Å². The molecule has 0 aliphatic rings. The summed E-state index contributed by atoms with van der Waals surface area (Å²) >= 11 is 3.46. The molecule has 0 N–H and O–H groups in total. The van der Waals surface area contributed by atoms with Crippen molar-refractivity contribution in [1.82, 2.24) is 10.2 Å². The molecule has 0 spiro atoms. The topological polar surface area (TPSA) is 25.8 Å². The van der Waals surface area contributed by atoms with Gasteiger partial charge in [0.1, 0.15) is 0 Å². The van der Waals surface area contributed by atoms with Crippen LogP contribution in [0.1, 0.15) is 5.69 Å². The Bertz CT molecular complexity index is 385. The number of aromatic nitrogens is 2. The zero-order valence-corrected chi connectivity index (χ0v) is 8.17. The van der Waals surface area contributed by atoms with Crippen molar-refractivity contribution in [3.63, 3.8) is 0 Å². The lowest BCUT2D eigenvalue weighted by Crippen LogP contribution is -1.87. The van der Waals surface area contributed by atoms with Crippen LogP contribution in [0.2, 0.25) is 0 Å². The van der Waals surface area contributed by atoms with E-state index in [1.165, 1.54) is 0 Å². The number of hydrogen-bond acceptors (Lipinski definition) is 2. The molecule has 2 nitrogen and oxygen atoms in total. The smallest absolute Gasteiger partial charge is 0.0678 e. The molecule has 0 aliphatic carbocycles. The van der Waals surface area contributed by atoms with Gasteiger partial charge in [-0.15, -0.1) is 0 Å². The quantitative estimate of drug-likeness (QED) is 0.686. The first-order valence-corrected chi connectivity index (χ1v) is 4.45. The molecule has 1 heterocycles. The average Bonchev–Trinajstić information content (AvgIpc) is 2.07. The Morgan fingerprint density at radius 1 is 1.25 bits per heavy atom. The van der Waals surface area contributed by atoms with Gasteiger partial charge in [0.15, 0.2) is 0 Å². The van der Waals surface area contributed by atoms with E-state index in [2.05, 4.69) is 26.1 Å². The van der Waals surface area contributed by atoms with Crippen LogP contribution in [0, 0.1) is 6.92 Å². The molecule has 0 saturated heterocycles. The summed E-state index contributed by atoms with van der Waals surface area (Å²) in [6.07, 6.45) is 1.77. The van der Waals surface area contributed by atoms with Gasteiger partial charge in [-0.1, -0.05) is 28.1 Å². The number of aryl methyl sites for hydroxylation is 1. The van der Waals surface area contributed by atoms with Gasteiger partial charge in [0.25, 0.3) is 0 Å². The predicted octanol–water partition coefficient (Wildman–Crippen LogP) is 2.70. The van der Waals surface area contributed by atoms with Gasteiger partial charge >= 0.3 is 0 Å². The minimum Gasteiger partial charge on any atom is -0.158 e. The van der Waals surface area contributed by atoms with E-state index in [9.17, 15) is 0 Å². The van der Waals surface area contributed by atoms with Crippen LogP contribution in [0.25, 0.3) is 10.8 Å². The van der Waals surface area contributed by atoms with Crippen LogP contribution in [0.3, 0.4) is 0 Å². The summed E-state index contributed by atoms with van der Waals surface area (Å²) in [5, 5.41) is 10.1. The zero-order valence-electron chi connectivity index (χ0n) is 6.58. The minimum absolute atomic E-state index is 0.966. The summed E-state index contributed by atoms with van der Waals surface area (Å²) in [5.74, 6) is 0. The van der Waals surface area contributed by atoms with Crippen molar-refractivity contribution in [2.24, 2.45) is 0 Å². The van der Waals surface area contributed by atoms with Crippen LogP contribution in [0.15, 0.2) is 28.9 Å². The molecule has 0 bridgehead atoms. The van der Waals surface area contributed by atoms with E-state index in [0.717, 1.165) is 20.9 Å². The van der Waals surface area contributed by atoms with Crippen LogP contribution in [-0.2, 0) is 0 Å². The van der Waals surface area contributed by atoms with Gasteiger partial charge in [-0.25, -0.2) is 0 Å². The normalized spacial score (nSPS) is 10.5. The van der Waals surface area contributed by atoms with E-state index < -0.39 is 0 Å². The van der Waals surface area contributed by atoms with Crippen molar-refractivity contribution in [2.45, 2.75) is 6.92 Å². The van der Waals surface area contributed by atoms with Gasteiger partial charge in [-0.05, 0) is 13.0 Å². The molecule has 0 saturated carbocycles. The lowest BCUT2D eigenvalue weighted by atomic mass is 10.1. The molecule has 2 rings (SSSR count). The maximum Gasteiger partial charge on any atom is 0.0678 e. The summed E-state index contributed by atoms with van der Waals surface area (Å²) in [4.78, 5) is 0. The van der Waals surface area contributed by atoms with E-state index in [1.54, 1.807) is 6.20 Å². The molecule has 0 amide bonds. The molecular weight excluding hydrogens is 216 g/mol. The third-order valence-corrected chi connectivity index (χ3v) is 2.53. The summed E-state index contributed by atoms with van der Waals surface area (Å²) in [6.45, 7) is 1.96. The van der Waals surface area contributed by atoms with E-state index in [1.807, 2.05) is 25.1 Å². The molecule has 12 heavy (non-hydrogen) atoms. The molecule has 60 valence electrons. The van der Waals surface area contributed by atoms with Crippen molar-refractivity contribution < 1.29 is 0 Å². The van der Waals surface area contributed by atoms with Crippen molar-refractivity contribution in [1.29, 1.82) is 0 Å². The number of fused-ring (bicyclic) bond motifs is 1. The largest absolute Gasteiger partial charge is 0.158 e. The Morgan fingerprint density at radius 2 is 2.08 bits per heavy atom. The van der Waals surface area contributed by atoms with E-state index in [-0.39, 0.29) is 0 Å². The molecular formula is C9H7BrN2. The molecule has 0 radical (unpaired) electrons. The van der Waals surface area contributed by atoms with Crippen molar-refractivity contribution in [3.8, 4) is 0 Å². The molecule has 0 aliphatic heterocycles. The third-order valence-electron chi connectivity index (χ3n) is 1.84. The van der Waals surface area contributed by atoms with E-state index in [4.69, 9.17) is 0 Å². The van der Waals surface area contributed by atoms with Crippen LogP contribution < -0.4 is 0 Å². The monoisotopic (exact) mass is 222 g/mol. The molecule has 1 aromatic heterocycles. The fourth-order valence-electron chi connectivity index (χ4n) is 1.21. The van der Waals surface area contributed by atoms with Gasteiger partial charge in [0.05, 0.1) is 11.9 Å². The summed E-state index contributed by atoms with van der Waals surface area (Å²) in [5.41, 5.74) is 0.966. The van der Waals surface area contributed by atoms with Gasteiger partial charge in [0.2, 0.25) is 0 Å². The number of benzene rings is 1. The Balaban J connectivity index is 2.94. The number of hydrogen-bond donors (Lipinski definition) is 0. The molecule has 3 heteroatoms. The first-order valence-electron chi connectivity index (χ1n) is 3.65. The van der Waals surface area contributed by atoms with E-state index in [0.29, 0.717) is 0 Å². The second-order valence-electron chi connectivity index (χ2n) is 2.63. The highest BCUT2D eigenvalue weighted by atomic mass is 79.9. The fraction of sp³-hybridized carbons (Fsp3) is 0.111. The molecule has 0 atom stereocenters. The maximum atomic E-state index is 3.98. The third kappa shape index (κ3) is 1.10. The standard InChI is InChI=1S/C9H7BrN2/c1-6-7-3-2-4-9(10)8(7)5-11-12-6/h2-5H,1H3. The number of nitrogens with zero attached hydrogens (tertiary/aromatic N) is 2. The molecule has 1 aromatic carbocycles. The molecule has 2 aromatic rings. The fourth-order valence-corrected chi connectivity index (χ4v) is 1.68. The van der Waals surface area contributed by atoms with Gasteiger partial charge in [-0.3, -0.25) is 0 Å². The Labute approximate surface area is 78.8 Å².